The number of halogens is 1. The number of ether oxygens (including phenoxy) is 1. The lowest BCUT2D eigenvalue weighted by Crippen LogP contribution is -2.31. The molecule has 1 heterocycles. The van der Waals surface area contributed by atoms with Crippen molar-refractivity contribution in [3.63, 3.8) is 0 Å². The Kier molecular flexibility index (Phi) is 4.95. The number of phenolic OH excluding ortho intramolecular Hbond substituents is 1. The van der Waals surface area contributed by atoms with Crippen molar-refractivity contribution in [3.8, 4) is 11.5 Å². The number of methoxy groups -OCH3 is 1. The first-order valence-corrected chi connectivity index (χ1v) is 8.45. The van der Waals surface area contributed by atoms with Gasteiger partial charge in [-0.05, 0) is 55.7 Å². The van der Waals surface area contributed by atoms with E-state index in [4.69, 9.17) is 16.3 Å². The van der Waals surface area contributed by atoms with Gasteiger partial charge in [0.25, 0.3) is 0 Å². The zero-order valence-electron chi connectivity index (χ0n) is 13.6. The minimum absolute atomic E-state index is 0.00326. The minimum Gasteiger partial charge on any atom is -0.506 e. The molecule has 0 spiro atoms. The molecule has 2 aromatic carbocycles. The number of aromatic hydroxyl groups is 1. The van der Waals surface area contributed by atoms with Gasteiger partial charge in [-0.15, -0.1) is 0 Å². The highest BCUT2D eigenvalue weighted by atomic mass is 35.5. The number of benzene rings is 2. The van der Waals surface area contributed by atoms with Gasteiger partial charge in [-0.1, -0.05) is 11.6 Å². The highest BCUT2D eigenvalue weighted by Crippen LogP contribution is 2.39. The Morgan fingerprint density at radius 3 is 2.38 bits per heavy atom. The van der Waals surface area contributed by atoms with Crippen LogP contribution in [0, 0.1) is 0 Å². The van der Waals surface area contributed by atoms with Crippen molar-refractivity contribution in [3.05, 3.63) is 52.5 Å². The Morgan fingerprint density at radius 1 is 1.08 bits per heavy atom. The van der Waals surface area contributed by atoms with Crippen molar-refractivity contribution < 1.29 is 14.6 Å². The second kappa shape index (κ2) is 7.14. The number of carbonyl (C=O) groups is 1. The van der Waals surface area contributed by atoms with Crippen LogP contribution in [0.25, 0.3) is 0 Å². The molecule has 1 saturated heterocycles. The average molecular weight is 346 g/mol. The molecule has 0 unspecified atom stereocenters. The summed E-state index contributed by atoms with van der Waals surface area (Å²) in [6.45, 7) is 1.68. The Balaban J connectivity index is 2.02. The van der Waals surface area contributed by atoms with Crippen LogP contribution in [0.3, 0.4) is 0 Å². The molecule has 1 fully saturated rings. The number of nitrogens with zero attached hydrogens (tertiary/aromatic N) is 1. The molecule has 24 heavy (non-hydrogen) atoms. The van der Waals surface area contributed by atoms with Crippen LogP contribution in [0.15, 0.2) is 36.4 Å². The zero-order valence-corrected chi connectivity index (χ0v) is 14.3. The maximum atomic E-state index is 13.0. The van der Waals surface area contributed by atoms with E-state index in [1.54, 1.807) is 37.4 Å². The monoisotopic (exact) mass is 345 g/mol. The highest BCUT2D eigenvalue weighted by molar-refractivity contribution is 6.36. The van der Waals surface area contributed by atoms with E-state index in [0.717, 1.165) is 25.9 Å². The molecule has 0 aliphatic carbocycles. The third-order valence-corrected chi connectivity index (χ3v) is 4.74. The quantitative estimate of drug-likeness (QED) is 0.840. The van der Waals surface area contributed by atoms with Crippen LogP contribution >= 0.6 is 11.6 Å². The molecule has 0 aromatic heterocycles. The molecule has 1 aliphatic heterocycles. The topological polar surface area (TPSA) is 49.8 Å². The second-order valence-electron chi connectivity index (χ2n) is 5.90. The minimum atomic E-state index is -0.111. The van der Waals surface area contributed by atoms with Gasteiger partial charge in [0.2, 0.25) is 0 Å². The standard InChI is InChI=1S/C19H20ClNO3/c1-24-14-7-5-13(6-8-14)19(23)15-9-10-16(22)17(20)18(15)21-11-3-2-4-12-21/h5-10,22H,2-4,11-12H2,1H3. The van der Waals surface area contributed by atoms with E-state index < -0.39 is 0 Å². The van der Waals surface area contributed by atoms with E-state index in [1.807, 2.05) is 0 Å². The molecule has 1 aliphatic rings. The predicted molar refractivity (Wildman–Crippen MR) is 95.6 cm³/mol. The molecule has 1 N–H and O–H groups in total. The Morgan fingerprint density at radius 2 is 1.75 bits per heavy atom. The van der Waals surface area contributed by atoms with Gasteiger partial charge in [0.05, 0.1) is 12.8 Å². The first-order chi connectivity index (χ1) is 11.6. The van der Waals surface area contributed by atoms with Gasteiger partial charge in [0.15, 0.2) is 5.78 Å². The van der Waals surface area contributed by atoms with Gasteiger partial charge in [-0.25, -0.2) is 0 Å². The van der Waals surface area contributed by atoms with Crippen LogP contribution in [0.2, 0.25) is 5.02 Å². The molecule has 0 radical (unpaired) electrons. The Hall–Kier alpha value is -2.20. The van der Waals surface area contributed by atoms with Crippen molar-refractivity contribution in [1.29, 1.82) is 0 Å². The smallest absolute Gasteiger partial charge is 0.195 e. The van der Waals surface area contributed by atoms with Crippen LogP contribution in [0.1, 0.15) is 35.2 Å². The third kappa shape index (κ3) is 3.20. The lowest BCUT2D eigenvalue weighted by atomic mass is 9.99. The van der Waals surface area contributed by atoms with Gasteiger partial charge < -0.3 is 14.7 Å². The molecule has 0 saturated carbocycles. The molecule has 0 amide bonds. The number of carbonyl (C=O) groups excluding carboxylic acids is 1. The number of piperidine rings is 1. The summed E-state index contributed by atoms with van der Waals surface area (Å²) < 4.78 is 5.13. The summed E-state index contributed by atoms with van der Waals surface area (Å²) in [5.41, 5.74) is 1.72. The Labute approximate surface area is 146 Å². The van der Waals surface area contributed by atoms with Crippen LogP contribution in [0.5, 0.6) is 11.5 Å². The normalized spacial score (nSPS) is 14.5. The van der Waals surface area contributed by atoms with Gasteiger partial charge in [0, 0.05) is 24.2 Å². The van der Waals surface area contributed by atoms with E-state index in [-0.39, 0.29) is 16.6 Å². The lowest BCUT2D eigenvalue weighted by Gasteiger charge is -2.31. The van der Waals surface area contributed by atoms with Crippen molar-refractivity contribution in [2.75, 3.05) is 25.1 Å². The van der Waals surface area contributed by atoms with Crippen molar-refractivity contribution in [2.45, 2.75) is 19.3 Å². The third-order valence-electron chi connectivity index (χ3n) is 4.36. The van der Waals surface area contributed by atoms with Crippen molar-refractivity contribution in [1.82, 2.24) is 0 Å². The van der Waals surface area contributed by atoms with Gasteiger partial charge in [-0.3, -0.25) is 4.79 Å². The summed E-state index contributed by atoms with van der Waals surface area (Å²) in [6.07, 6.45) is 3.29. The summed E-state index contributed by atoms with van der Waals surface area (Å²) >= 11 is 6.35. The van der Waals surface area contributed by atoms with E-state index in [2.05, 4.69) is 4.90 Å². The van der Waals surface area contributed by atoms with Crippen molar-refractivity contribution in [2.24, 2.45) is 0 Å². The fraction of sp³-hybridized carbons (Fsp3) is 0.316. The molecular weight excluding hydrogens is 326 g/mol. The summed E-state index contributed by atoms with van der Waals surface area (Å²) in [4.78, 5) is 15.1. The summed E-state index contributed by atoms with van der Waals surface area (Å²) in [5.74, 6) is 0.593. The fourth-order valence-electron chi connectivity index (χ4n) is 3.06. The first-order valence-electron chi connectivity index (χ1n) is 8.07. The van der Waals surface area contributed by atoms with E-state index >= 15 is 0 Å². The lowest BCUT2D eigenvalue weighted by molar-refractivity contribution is 0.103. The second-order valence-corrected chi connectivity index (χ2v) is 6.28. The summed E-state index contributed by atoms with van der Waals surface area (Å²) in [7, 11) is 1.59. The molecule has 5 heteroatoms. The number of rotatable bonds is 4. The summed E-state index contributed by atoms with van der Waals surface area (Å²) in [6, 6.07) is 10.1. The van der Waals surface area contributed by atoms with Crippen molar-refractivity contribution >= 4 is 23.1 Å². The van der Waals surface area contributed by atoms with E-state index in [1.165, 1.54) is 12.5 Å². The number of hydrogen-bond donors (Lipinski definition) is 1. The first kappa shape index (κ1) is 16.7. The van der Waals surface area contributed by atoms with Crippen LogP contribution in [-0.4, -0.2) is 31.1 Å². The molecule has 0 bridgehead atoms. The number of hydrogen-bond acceptors (Lipinski definition) is 4. The van der Waals surface area contributed by atoms with Gasteiger partial charge >= 0.3 is 0 Å². The molecular formula is C19H20ClNO3. The van der Waals surface area contributed by atoms with E-state index in [9.17, 15) is 9.90 Å². The molecule has 126 valence electrons. The molecule has 3 rings (SSSR count). The molecule has 0 atom stereocenters. The van der Waals surface area contributed by atoms with Crippen LogP contribution < -0.4 is 9.64 Å². The fourth-order valence-corrected chi connectivity index (χ4v) is 3.35. The number of anilines is 1. The molecule has 2 aromatic rings. The van der Waals surface area contributed by atoms with Gasteiger partial charge in [-0.2, -0.15) is 0 Å². The zero-order chi connectivity index (χ0) is 17.1. The number of phenols is 1. The van der Waals surface area contributed by atoms with Gasteiger partial charge in [0.1, 0.15) is 16.5 Å². The maximum Gasteiger partial charge on any atom is 0.195 e. The summed E-state index contributed by atoms with van der Waals surface area (Å²) in [5, 5.41) is 10.2. The largest absolute Gasteiger partial charge is 0.506 e. The average Bonchev–Trinajstić information content (AvgIpc) is 2.64. The SMILES string of the molecule is COc1ccc(C(=O)c2ccc(O)c(Cl)c2N2CCCCC2)cc1. The maximum absolute atomic E-state index is 13.0. The van der Waals surface area contributed by atoms with Crippen LogP contribution in [-0.2, 0) is 0 Å². The number of ketones is 1. The predicted octanol–water partition coefficient (Wildman–Crippen LogP) is 4.28. The Bertz CT molecular complexity index is 737. The highest BCUT2D eigenvalue weighted by Gasteiger charge is 2.24. The van der Waals surface area contributed by atoms with Crippen LogP contribution in [0.4, 0.5) is 5.69 Å². The van der Waals surface area contributed by atoms with E-state index in [0.29, 0.717) is 22.6 Å². The molecule has 4 nitrogen and oxygen atoms in total.